The molecular formula is C21H22N4O4S. The van der Waals surface area contributed by atoms with Gasteiger partial charge in [0.05, 0.1) is 18.1 Å². The number of nitrogens with zero attached hydrogens (tertiary/aromatic N) is 4. The number of amides is 3. The first-order valence-corrected chi connectivity index (χ1v) is 10.5. The Bertz CT molecular complexity index is 1030. The van der Waals surface area contributed by atoms with Gasteiger partial charge < -0.3 is 14.2 Å². The number of carbonyl (C=O) groups excluding carboxylic acids is 3. The van der Waals surface area contributed by atoms with Crippen LogP contribution in [0.5, 0.6) is 0 Å². The molecule has 0 radical (unpaired) electrons. The second-order valence-corrected chi connectivity index (χ2v) is 8.12. The highest BCUT2D eigenvalue weighted by Crippen LogP contribution is 2.33. The summed E-state index contributed by atoms with van der Waals surface area (Å²) in [6, 6.07) is 5.80. The molecule has 4 rings (SSSR count). The Balaban J connectivity index is 1.54. The zero-order valence-corrected chi connectivity index (χ0v) is 17.6. The van der Waals surface area contributed by atoms with Crippen molar-refractivity contribution in [2.24, 2.45) is 0 Å². The van der Waals surface area contributed by atoms with Crippen LogP contribution in [0.4, 0.5) is 4.79 Å². The number of morpholine rings is 1. The molecule has 156 valence electrons. The highest BCUT2D eigenvalue weighted by atomic mass is 32.2. The summed E-state index contributed by atoms with van der Waals surface area (Å²) in [4.78, 5) is 44.7. The molecule has 0 bridgehead atoms. The third-order valence-electron chi connectivity index (χ3n) is 5.21. The van der Waals surface area contributed by atoms with Crippen LogP contribution in [0.3, 0.4) is 0 Å². The maximum absolute atomic E-state index is 12.8. The van der Waals surface area contributed by atoms with Gasteiger partial charge in [-0.1, -0.05) is 0 Å². The van der Waals surface area contributed by atoms with E-state index >= 15 is 0 Å². The van der Waals surface area contributed by atoms with Crippen LogP contribution >= 0.6 is 11.8 Å². The standard InChI is InChI=1S/C21H22N4O4S/c1-14-11-16(15(2)25(14)17-3-5-22-6-4-17)12-18-20(27)24(21(28)30-18)13-19(26)23-7-9-29-10-8-23/h3-6,11-12H,7-10,13H2,1-2H3/b18-12+. The molecular weight excluding hydrogens is 404 g/mol. The Morgan fingerprint density at radius 3 is 2.60 bits per heavy atom. The number of thioether (sulfide) groups is 1. The summed E-state index contributed by atoms with van der Waals surface area (Å²) in [7, 11) is 0. The molecule has 0 atom stereocenters. The summed E-state index contributed by atoms with van der Waals surface area (Å²) in [6.07, 6.45) is 5.18. The van der Waals surface area contributed by atoms with Crippen LogP contribution in [0.25, 0.3) is 11.8 Å². The van der Waals surface area contributed by atoms with Gasteiger partial charge in [0.1, 0.15) is 6.54 Å². The van der Waals surface area contributed by atoms with E-state index in [0.29, 0.717) is 31.2 Å². The first kappa shape index (κ1) is 20.4. The van der Waals surface area contributed by atoms with E-state index in [4.69, 9.17) is 4.74 Å². The van der Waals surface area contributed by atoms with E-state index in [-0.39, 0.29) is 12.5 Å². The van der Waals surface area contributed by atoms with Crippen LogP contribution in [0.1, 0.15) is 17.0 Å². The molecule has 0 unspecified atom stereocenters. The Morgan fingerprint density at radius 1 is 1.20 bits per heavy atom. The van der Waals surface area contributed by atoms with Crippen LogP contribution in [0, 0.1) is 13.8 Å². The Morgan fingerprint density at radius 2 is 1.90 bits per heavy atom. The molecule has 2 aromatic rings. The molecule has 2 aliphatic rings. The highest BCUT2D eigenvalue weighted by Gasteiger charge is 2.37. The lowest BCUT2D eigenvalue weighted by Crippen LogP contribution is -2.46. The summed E-state index contributed by atoms with van der Waals surface area (Å²) in [5, 5.41) is -0.421. The van der Waals surface area contributed by atoms with Crippen LogP contribution in [-0.4, -0.2) is 69.3 Å². The molecule has 30 heavy (non-hydrogen) atoms. The normalized spacial score (nSPS) is 18.5. The van der Waals surface area contributed by atoms with Crippen molar-refractivity contribution >= 4 is 34.9 Å². The molecule has 0 saturated carbocycles. The van der Waals surface area contributed by atoms with Crippen molar-refractivity contribution in [2.45, 2.75) is 13.8 Å². The van der Waals surface area contributed by atoms with Gasteiger partial charge in [0.2, 0.25) is 5.91 Å². The summed E-state index contributed by atoms with van der Waals surface area (Å²) >= 11 is 0.869. The van der Waals surface area contributed by atoms with E-state index < -0.39 is 11.1 Å². The van der Waals surface area contributed by atoms with Gasteiger partial charge in [0, 0.05) is 42.6 Å². The van der Waals surface area contributed by atoms with E-state index in [1.165, 1.54) is 0 Å². The zero-order chi connectivity index (χ0) is 21.3. The second kappa shape index (κ2) is 8.45. The van der Waals surface area contributed by atoms with Crippen molar-refractivity contribution < 1.29 is 19.1 Å². The number of imide groups is 1. The minimum Gasteiger partial charge on any atom is -0.378 e. The Hall–Kier alpha value is -2.91. The van der Waals surface area contributed by atoms with Gasteiger partial charge in [-0.25, -0.2) is 0 Å². The number of pyridine rings is 1. The SMILES string of the molecule is Cc1cc(/C=C2/SC(=O)N(CC(=O)N3CCOCC3)C2=O)c(C)n1-c1ccncc1. The van der Waals surface area contributed by atoms with Crippen molar-refractivity contribution in [1.29, 1.82) is 0 Å². The first-order chi connectivity index (χ1) is 14.5. The molecule has 2 aromatic heterocycles. The van der Waals surface area contributed by atoms with Crippen molar-refractivity contribution in [3.63, 3.8) is 0 Å². The van der Waals surface area contributed by atoms with Gasteiger partial charge >= 0.3 is 0 Å². The largest absolute Gasteiger partial charge is 0.378 e. The number of carbonyl (C=O) groups is 3. The maximum atomic E-state index is 12.8. The van der Waals surface area contributed by atoms with Crippen LogP contribution in [0.15, 0.2) is 35.5 Å². The molecule has 0 aliphatic carbocycles. The van der Waals surface area contributed by atoms with Gasteiger partial charge in [0.15, 0.2) is 0 Å². The Kier molecular flexibility index (Phi) is 5.74. The maximum Gasteiger partial charge on any atom is 0.294 e. The molecule has 0 N–H and O–H groups in total. The molecule has 3 amide bonds. The molecule has 9 heteroatoms. The third kappa shape index (κ3) is 3.90. The minimum atomic E-state index is -0.430. The molecule has 2 saturated heterocycles. The molecule has 0 aromatic carbocycles. The number of rotatable bonds is 4. The van der Waals surface area contributed by atoms with Gasteiger partial charge in [-0.2, -0.15) is 0 Å². The molecule has 4 heterocycles. The Labute approximate surface area is 178 Å². The topological polar surface area (TPSA) is 84.7 Å². The van der Waals surface area contributed by atoms with E-state index in [1.54, 1.807) is 23.4 Å². The third-order valence-corrected chi connectivity index (χ3v) is 6.12. The summed E-state index contributed by atoms with van der Waals surface area (Å²) < 4.78 is 7.31. The minimum absolute atomic E-state index is 0.238. The monoisotopic (exact) mass is 426 g/mol. The summed E-state index contributed by atoms with van der Waals surface area (Å²) in [5.41, 5.74) is 3.79. The van der Waals surface area contributed by atoms with E-state index in [1.807, 2.05) is 32.0 Å². The number of hydrogen-bond donors (Lipinski definition) is 0. The van der Waals surface area contributed by atoms with Crippen molar-refractivity contribution in [3.8, 4) is 5.69 Å². The van der Waals surface area contributed by atoms with E-state index in [2.05, 4.69) is 9.55 Å². The molecule has 0 spiro atoms. The van der Waals surface area contributed by atoms with Crippen LogP contribution < -0.4 is 0 Å². The average molecular weight is 426 g/mol. The lowest BCUT2D eigenvalue weighted by molar-refractivity contribution is -0.139. The van der Waals surface area contributed by atoms with Gasteiger partial charge in [-0.3, -0.25) is 24.3 Å². The summed E-state index contributed by atoms with van der Waals surface area (Å²) in [5.74, 6) is -0.668. The van der Waals surface area contributed by atoms with Gasteiger partial charge in [0.25, 0.3) is 11.1 Å². The fourth-order valence-electron chi connectivity index (χ4n) is 3.65. The number of aromatic nitrogens is 2. The predicted molar refractivity (Wildman–Crippen MR) is 113 cm³/mol. The van der Waals surface area contributed by atoms with Crippen LogP contribution in [0.2, 0.25) is 0 Å². The van der Waals surface area contributed by atoms with Crippen molar-refractivity contribution in [3.05, 3.63) is 52.4 Å². The lowest BCUT2D eigenvalue weighted by Gasteiger charge is -2.28. The zero-order valence-electron chi connectivity index (χ0n) is 16.8. The predicted octanol–water partition coefficient (Wildman–Crippen LogP) is 2.38. The van der Waals surface area contributed by atoms with E-state index in [9.17, 15) is 14.4 Å². The smallest absolute Gasteiger partial charge is 0.294 e. The molecule has 2 fully saturated rings. The average Bonchev–Trinajstić information content (AvgIpc) is 3.18. The lowest BCUT2D eigenvalue weighted by atomic mass is 10.2. The fourth-order valence-corrected chi connectivity index (χ4v) is 4.48. The van der Waals surface area contributed by atoms with Gasteiger partial charge in [-0.05, 0) is 55.4 Å². The second-order valence-electron chi connectivity index (χ2n) is 7.13. The first-order valence-electron chi connectivity index (χ1n) is 9.66. The molecule has 2 aliphatic heterocycles. The fraction of sp³-hybridized carbons (Fsp3) is 0.333. The van der Waals surface area contributed by atoms with Crippen LogP contribution in [-0.2, 0) is 14.3 Å². The van der Waals surface area contributed by atoms with Crippen molar-refractivity contribution in [1.82, 2.24) is 19.4 Å². The van der Waals surface area contributed by atoms with Gasteiger partial charge in [-0.15, -0.1) is 0 Å². The highest BCUT2D eigenvalue weighted by molar-refractivity contribution is 8.18. The molecule has 8 nitrogen and oxygen atoms in total. The number of ether oxygens (including phenoxy) is 1. The van der Waals surface area contributed by atoms with E-state index in [0.717, 1.165) is 39.3 Å². The number of aryl methyl sites for hydroxylation is 1. The van der Waals surface area contributed by atoms with Crippen molar-refractivity contribution in [2.75, 3.05) is 32.8 Å². The number of hydrogen-bond acceptors (Lipinski definition) is 6. The summed E-state index contributed by atoms with van der Waals surface area (Å²) in [6.45, 7) is 5.61. The quantitative estimate of drug-likeness (QED) is 0.698.